The molecule has 1 N–H and O–H groups in total. The molecular weight excluding hydrogens is 388 g/mol. The van der Waals surface area contributed by atoms with E-state index < -0.39 is 0 Å². The van der Waals surface area contributed by atoms with Crippen molar-refractivity contribution in [2.45, 2.75) is 64.3 Å². The molecule has 5 heteroatoms. The van der Waals surface area contributed by atoms with Gasteiger partial charge in [0.15, 0.2) is 0 Å². The zero-order valence-electron chi connectivity index (χ0n) is 18.7. The molecule has 3 rings (SSSR count). The van der Waals surface area contributed by atoms with Crippen molar-refractivity contribution in [1.29, 1.82) is 0 Å². The van der Waals surface area contributed by atoms with Crippen LogP contribution in [0.1, 0.15) is 79.0 Å². The van der Waals surface area contributed by atoms with Crippen molar-refractivity contribution < 1.29 is 14.3 Å². The first-order valence-corrected chi connectivity index (χ1v) is 11.5. The molecular formula is C26H34N2O3. The topological polar surface area (TPSA) is 58.6 Å². The normalized spacial score (nSPS) is 14.1. The van der Waals surface area contributed by atoms with E-state index in [0.717, 1.165) is 37.9 Å². The molecule has 0 atom stereocenters. The van der Waals surface area contributed by atoms with Gasteiger partial charge in [-0.1, -0.05) is 51.2 Å². The summed E-state index contributed by atoms with van der Waals surface area (Å²) in [4.78, 5) is 27.8. The lowest BCUT2D eigenvalue weighted by molar-refractivity contribution is 0.0697. The molecule has 2 aromatic rings. The van der Waals surface area contributed by atoms with Crippen molar-refractivity contribution >= 4 is 17.5 Å². The highest BCUT2D eigenvalue weighted by Crippen LogP contribution is 2.25. The lowest BCUT2D eigenvalue weighted by Crippen LogP contribution is -2.38. The van der Waals surface area contributed by atoms with Crippen LogP contribution in [0.4, 0.5) is 5.69 Å². The Bertz CT molecular complexity index is 857. The number of anilines is 1. The number of unbranched alkanes of at least 4 members (excludes halogenated alkanes) is 2. The first kappa shape index (κ1) is 22.9. The van der Waals surface area contributed by atoms with Gasteiger partial charge in [-0.05, 0) is 55.7 Å². The van der Waals surface area contributed by atoms with Crippen LogP contribution in [0.5, 0.6) is 5.75 Å². The standard InChI is InChI=1S/C26H34N2O3/c1-3-4-10-19-31-22-17-15-20(16-18-22)25(29)27-24-14-9-8-13-23(24)26(30)28(2)21-11-6-5-7-12-21/h8-9,13-18,21H,3-7,10-12,19H2,1-2H3,(H,27,29). The maximum absolute atomic E-state index is 13.1. The number of nitrogens with zero attached hydrogens (tertiary/aromatic N) is 1. The molecule has 1 fully saturated rings. The second-order valence-corrected chi connectivity index (χ2v) is 8.29. The zero-order chi connectivity index (χ0) is 22.1. The molecule has 166 valence electrons. The number of benzene rings is 2. The van der Waals surface area contributed by atoms with E-state index in [4.69, 9.17) is 4.74 Å². The fourth-order valence-electron chi connectivity index (χ4n) is 4.04. The summed E-state index contributed by atoms with van der Waals surface area (Å²) >= 11 is 0. The highest BCUT2D eigenvalue weighted by molar-refractivity contribution is 6.09. The fraction of sp³-hybridized carbons (Fsp3) is 0.462. The Balaban J connectivity index is 1.64. The number of hydrogen-bond donors (Lipinski definition) is 1. The van der Waals surface area contributed by atoms with Gasteiger partial charge in [0, 0.05) is 18.7 Å². The summed E-state index contributed by atoms with van der Waals surface area (Å²) in [5.74, 6) is 0.481. The van der Waals surface area contributed by atoms with Crippen molar-refractivity contribution in [2.24, 2.45) is 0 Å². The van der Waals surface area contributed by atoms with Crippen LogP contribution in [0.3, 0.4) is 0 Å². The van der Waals surface area contributed by atoms with Crippen LogP contribution >= 0.6 is 0 Å². The van der Waals surface area contributed by atoms with Crippen molar-refractivity contribution in [1.82, 2.24) is 4.90 Å². The van der Waals surface area contributed by atoms with Gasteiger partial charge in [0.25, 0.3) is 11.8 Å². The van der Waals surface area contributed by atoms with Crippen molar-refractivity contribution in [3.8, 4) is 5.75 Å². The predicted octanol–water partition coefficient (Wildman–Crippen LogP) is 5.91. The highest BCUT2D eigenvalue weighted by atomic mass is 16.5. The summed E-state index contributed by atoms with van der Waals surface area (Å²) < 4.78 is 5.71. The smallest absolute Gasteiger partial charge is 0.255 e. The van der Waals surface area contributed by atoms with Gasteiger partial charge in [-0.15, -0.1) is 0 Å². The van der Waals surface area contributed by atoms with E-state index in [9.17, 15) is 9.59 Å². The minimum atomic E-state index is -0.238. The molecule has 1 aliphatic rings. The quantitative estimate of drug-likeness (QED) is 0.511. The molecule has 0 unspecified atom stereocenters. The fourth-order valence-corrected chi connectivity index (χ4v) is 4.04. The van der Waals surface area contributed by atoms with Crippen molar-refractivity contribution in [2.75, 3.05) is 19.0 Å². The molecule has 0 aliphatic heterocycles. The Morgan fingerprint density at radius 3 is 2.42 bits per heavy atom. The number of carbonyl (C=O) groups is 2. The van der Waals surface area contributed by atoms with E-state index in [1.165, 1.54) is 19.3 Å². The Labute approximate surface area is 185 Å². The average molecular weight is 423 g/mol. The number of para-hydroxylation sites is 1. The molecule has 1 aliphatic carbocycles. The summed E-state index contributed by atoms with van der Waals surface area (Å²) in [6.45, 7) is 2.84. The summed E-state index contributed by atoms with van der Waals surface area (Å²) in [5.41, 5.74) is 1.60. The number of rotatable bonds is 9. The predicted molar refractivity (Wildman–Crippen MR) is 125 cm³/mol. The van der Waals surface area contributed by atoms with E-state index in [-0.39, 0.29) is 17.9 Å². The van der Waals surface area contributed by atoms with E-state index in [2.05, 4.69) is 12.2 Å². The maximum Gasteiger partial charge on any atom is 0.255 e. The van der Waals surface area contributed by atoms with Gasteiger partial charge in [-0.25, -0.2) is 0 Å². The van der Waals surface area contributed by atoms with Crippen LogP contribution in [0, 0.1) is 0 Å². The third-order valence-corrected chi connectivity index (χ3v) is 5.98. The van der Waals surface area contributed by atoms with E-state index in [1.807, 2.05) is 36.2 Å². The molecule has 0 heterocycles. The Kier molecular flexibility index (Phi) is 8.51. The minimum Gasteiger partial charge on any atom is -0.494 e. The highest BCUT2D eigenvalue weighted by Gasteiger charge is 2.25. The zero-order valence-corrected chi connectivity index (χ0v) is 18.7. The van der Waals surface area contributed by atoms with Gasteiger partial charge in [0.1, 0.15) is 5.75 Å². The van der Waals surface area contributed by atoms with Gasteiger partial charge in [0.05, 0.1) is 17.9 Å². The van der Waals surface area contributed by atoms with Crippen LogP contribution in [-0.4, -0.2) is 36.4 Å². The summed E-state index contributed by atoms with van der Waals surface area (Å²) in [7, 11) is 1.87. The SMILES string of the molecule is CCCCCOc1ccc(C(=O)Nc2ccccc2C(=O)N(C)C2CCCCC2)cc1. The minimum absolute atomic E-state index is 0.0429. The Morgan fingerprint density at radius 2 is 1.71 bits per heavy atom. The molecule has 0 radical (unpaired) electrons. The first-order valence-electron chi connectivity index (χ1n) is 11.5. The van der Waals surface area contributed by atoms with Gasteiger partial charge >= 0.3 is 0 Å². The van der Waals surface area contributed by atoms with Crippen LogP contribution in [-0.2, 0) is 0 Å². The molecule has 0 saturated heterocycles. The molecule has 0 spiro atoms. The third-order valence-electron chi connectivity index (χ3n) is 5.98. The summed E-state index contributed by atoms with van der Waals surface area (Å²) in [5, 5.41) is 2.92. The van der Waals surface area contributed by atoms with E-state index in [0.29, 0.717) is 23.4 Å². The van der Waals surface area contributed by atoms with Crippen LogP contribution in [0.2, 0.25) is 0 Å². The van der Waals surface area contributed by atoms with Gasteiger partial charge in [-0.3, -0.25) is 9.59 Å². The molecule has 2 aromatic carbocycles. The lowest BCUT2D eigenvalue weighted by atomic mass is 9.94. The molecule has 1 saturated carbocycles. The van der Waals surface area contributed by atoms with Crippen LogP contribution < -0.4 is 10.1 Å². The Morgan fingerprint density at radius 1 is 1.00 bits per heavy atom. The first-order chi connectivity index (χ1) is 15.1. The monoisotopic (exact) mass is 422 g/mol. The molecule has 0 bridgehead atoms. The number of hydrogen-bond acceptors (Lipinski definition) is 3. The molecule has 31 heavy (non-hydrogen) atoms. The number of carbonyl (C=O) groups excluding carboxylic acids is 2. The summed E-state index contributed by atoms with van der Waals surface area (Å²) in [6, 6.07) is 14.6. The van der Waals surface area contributed by atoms with Gasteiger partial charge in [0.2, 0.25) is 0 Å². The van der Waals surface area contributed by atoms with Crippen LogP contribution in [0.15, 0.2) is 48.5 Å². The van der Waals surface area contributed by atoms with Crippen molar-refractivity contribution in [3.63, 3.8) is 0 Å². The van der Waals surface area contributed by atoms with Crippen molar-refractivity contribution in [3.05, 3.63) is 59.7 Å². The molecule has 0 aromatic heterocycles. The van der Waals surface area contributed by atoms with E-state index >= 15 is 0 Å². The molecule has 2 amide bonds. The average Bonchev–Trinajstić information content (AvgIpc) is 2.82. The largest absolute Gasteiger partial charge is 0.494 e. The Hall–Kier alpha value is -2.82. The number of nitrogens with one attached hydrogen (secondary N) is 1. The maximum atomic E-state index is 13.1. The number of amides is 2. The van der Waals surface area contributed by atoms with E-state index in [1.54, 1.807) is 24.3 Å². The van der Waals surface area contributed by atoms with Gasteiger partial charge in [-0.2, -0.15) is 0 Å². The molecule has 5 nitrogen and oxygen atoms in total. The van der Waals surface area contributed by atoms with Gasteiger partial charge < -0.3 is 15.0 Å². The third kappa shape index (κ3) is 6.33. The second-order valence-electron chi connectivity index (χ2n) is 8.29. The van der Waals surface area contributed by atoms with Crippen LogP contribution in [0.25, 0.3) is 0 Å². The lowest BCUT2D eigenvalue weighted by Gasteiger charge is -2.31. The summed E-state index contributed by atoms with van der Waals surface area (Å²) in [6.07, 6.45) is 9.00. The number of ether oxygens (including phenoxy) is 1. The second kappa shape index (κ2) is 11.5.